The smallest absolute Gasteiger partial charge is 0.261 e. The second-order valence-corrected chi connectivity index (χ2v) is 13.3. The van der Waals surface area contributed by atoms with Gasteiger partial charge < -0.3 is 20.3 Å². The number of imidazole rings is 1. The number of anilines is 1. The van der Waals surface area contributed by atoms with Crippen molar-refractivity contribution in [1.82, 2.24) is 30.2 Å². The van der Waals surface area contributed by atoms with Gasteiger partial charge >= 0.3 is 0 Å². The summed E-state index contributed by atoms with van der Waals surface area (Å²) < 4.78 is 29.9. The zero-order valence-corrected chi connectivity index (χ0v) is 25.4. The van der Waals surface area contributed by atoms with E-state index in [1.807, 2.05) is 23.8 Å². The Labute approximate surface area is 254 Å². The highest BCUT2D eigenvalue weighted by Crippen LogP contribution is 2.22. The summed E-state index contributed by atoms with van der Waals surface area (Å²) >= 11 is 1.48. The van der Waals surface area contributed by atoms with Crippen LogP contribution in [0, 0.1) is 0 Å². The molecule has 5 aromatic rings. The molecule has 5 rings (SSSR count). The summed E-state index contributed by atoms with van der Waals surface area (Å²) in [7, 11) is -3.74. The number of carbonyl (C=O) groups is 1. The molecular weight excluding hydrogens is 587 g/mol. The Morgan fingerprint density at radius 3 is 2.65 bits per heavy atom. The Morgan fingerprint density at radius 1 is 1.07 bits per heavy atom. The van der Waals surface area contributed by atoms with Crippen LogP contribution in [0.25, 0.3) is 11.2 Å². The van der Waals surface area contributed by atoms with E-state index < -0.39 is 16.1 Å². The van der Waals surface area contributed by atoms with Crippen molar-refractivity contribution in [2.75, 3.05) is 11.3 Å². The molecule has 2 aromatic carbocycles. The number of hydrogen-bond acceptors (Lipinski definition) is 9. The molecule has 0 unspecified atom stereocenters. The molecule has 0 radical (unpaired) electrons. The predicted octanol–water partition coefficient (Wildman–Crippen LogP) is 4.11. The normalized spacial score (nSPS) is 12.7. The Balaban J connectivity index is 1.15. The van der Waals surface area contributed by atoms with Gasteiger partial charge in [0.1, 0.15) is 10.5 Å². The minimum Gasteiger partial charge on any atom is -0.387 e. The summed E-state index contributed by atoms with van der Waals surface area (Å²) in [6.45, 7) is 5.33. The number of pyridine rings is 1. The summed E-state index contributed by atoms with van der Waals surface area (Å²) in [6, 6.07) is 16.6. The van der Waals surface area contributed by atoms with Gasteiger partial charge in [0.25, 0.3) is 15.9 Å². The number of aromatic nitrogens is 4. The fraction of sp³-hybridized carbons (Fsp3) is 0.267. The van der Waals surface area contributed by atoms with E-state index in [-0.39, 0.29) is 22.9 Å². The molecule has 43 heavy (non-hydrogen) atoms. The number of aliphatic hydroxyl groups excluding tert-OH is 1. The maximum atomic E-state index is 12.7. The molecule has 4 N–H and O–H groups in total. The van der Waals surface area contributed by atoms with Crippen molar-refractivity contribution in [2.24, 2.45) is 0 Å². The number of fused-ring (bicyclic) bond motifs is 1. The number of aryl methyl sites for hydroxylation is 1. The third-order valence-electron chi connectivity index (χ3n) is 6.93. The van der Waals surface area contributed by atoms with E-state index in [1.54, 1.807) is 67.3 Å². The molecule has 0 saturated carbocycles. The van der Waals surface area contributed by atoms with Gasteiger partial charge in [0.2, 0.25) is 0 Å². The van der Waals surface area contributed by atoms with E-state index in [0.29, 0.717) is 47.5 Å². The van der Waals surface area contributed by atoms with Crippen molar-refractivity contribution in [3.8, 4) is 0 Å². The summed E-state index contributed by atoms with van der Waals surface area (Å²) in [5, 5.41) is 19.8. The lowest BCUT2D eigenvalue weighted by Gasteiger charge is -2.28. The number of sulfonamides is 1. The van der Waals surface area contributed by atoms with Crippen LogP contribution < -0.4 is 15.4 Å². The molecule has 3 aromatic heterocycles. The minimum atomic E-state index is -3.74. The van der Waals surface area contributed by atoms with Gasteiger partial charge in [-0.15, -0.1) is 11.3 Å². The number of carbonyl (C=O) groups excluding carboxylic acids is 1. The molecule has 13 heteroatoms. The van der Waals surface area contributed by atoms with Gasteiger partial charge in [-0.3, -0.25) is 9.52 Å². The summed E-state index contributed by atoms with van der Waals surface area (Å²) in [4.78, 5) is 25.8. The Bertz CT molecular complexity index is 1790. The number of nitrogens with one attached hydrogen (secondary N) is 3. The van der Waals surface area contributed by atoms with Gasteiger partial charge in [-0.25, -0.2) is 23.4 Å². The fourth-order valence-corrected chi connectivity index (χ4v) is 6.06. The molecule has 3 heterocycles. The number of benzene rings is 2. The molecule has 0 aliphatic carbocycles. The number of amides is 1. The number of rotatable bonds is 13. The summed E-state index contributed by atoms with van der Waals surface area (Å²) in [5.41, 5.74) is 2.36. The van der Waals surface area contributed by atoms with E-state index >= 15 is 0 Å². The highest BCUT2D eigenvalue weighted by atomic mass is 32.2. The highest BCUT2D eigenvalue weighted by molar-refractivity contribution is 7.92. The zero-order valence-electron chi connectivity index (χ0n) is 23.8. The molecule has 224 valence electrons. The maximum Gasteiger partial charge on any atom is 0.261 e. The Hall–Kier alpha value is -4.17. The number of hydrogen-bond donors (Lipinski definition) is 4. The second-order valence-electron chi connectivity index (χ2n) is 10.7. The van der Waals surface area contributed by atoms with Crippen molar-refractivity contribution >= 4 is 44.1 Å². The van der Waals surface area contributed by atoms with Crippen LogP contribution in [0.5, 0.6) is 0 Å². The van der Waals surface area contributed by atoms with E-state index in [1.165, 1.54) is 23.5 Å². The predicted molar refractivity (Wildman–Crippen MR) is 166 cm³/mol. The van der Waals surface area contributed by atoms with Gasteiger partial charge in [-0.05, 0) is 56.2 Å². The van der Waals surface area contributed by atoms with Crippen LogP contribution >= 0.6 is 11.3 Å². The van der Waals surface area contributed by atoms with Crippen molar-refractivity contribution < 1.29 is 18.3 Å². The zero-order chi connectivity index (χ0) is 30.5. The van der Waals surface area contributed by atoms with Gasteiger partial charge in [0, 0.05) is 42.1 Å². The molecule has 0 aliphatic rings. The van der Waals surface area contributed by atoms with Crippen LogP contribution in [-0.4, -0.2) is 51.0 Å². The first-order valence-electron chi connectivity index (χ1n) is 13.7. The molecule has 11 nitrogen and oxygen atoms in total. The van der Waals surface area contributed by atoms with Crippen LogP contribution in [0.4, 0.5) is 5.69 Å². The van der Waals surface area contributed by atoms with E-state index in [0.717, 1.165) is 5.01 Å². The molecule has 1 amide bonds. The first kappa shape index (κ1) is 30.3. The fourth-order valence-electron chi connectivity index (χ4n) is 4.44. The Kier molecular flexibility index (Phi) is 9.16. The van der Waals surface area contributed by atoms with Crippen LogP contribution in [0.3, 0.4) is 0 Å². The Morgan fingerprint density at radius 2 is 1.88 bits per heavy atom. The van der Waals surface area contributed by atoms with Gasteiger partial charge in [-0.2, -0.15) is 0 Å². The topological polar surface area (TPSA) is 151 Å². The van der Waals surface area contributed by atoms with E-state index in [2.05, 4.69) is 30.3 Å². The quantitative estimate of drug-likeness (QED) is 0.154. The first-order chi connectivity index (χ1) is 20.6. The molecular formula is C30H33N7O4S2. The number of nitrogens with zero attached hydrogens (tertiary/aromatic N) is 4. The SMILES string of the molecule is CC(C)(CCn1cnc2cc(C(=O)NCc3nccs3)cnc21)NC[C@H](O)c1cccc(NS(=O)(=O)c2ccccc2)c1. The standard InChI is InChI=1S/C30H33N7O4S2/c1-30(2,35-18-26(38)21-7-6-8-23(15-21)36-43(40,41)24-9-4-3-5-10-24)11-13-37-20-34-25-16-22(17-32-28(25)37)29(39)33-19-27-31-12-14-42-27/h3-10,12,14-17,20,26,35-36,38H,11,13,18-19H2,1-2H3,(H,33,39)/t26-/m0/s1. The van der Waals surface area contributed by atoms with Crippen LogP contribution in [-0.2, 0) is 23.1 Å². The second kappa shape index (κ2) is 13.0. The highest BCUT2D eigenvalue weighted by Gasteiger charge is 2.21. The third kappa shape index (κ3) is 7.82. The number of aliphatic hydroxyl groups is 1. The molecule has 0 bridgehead atoms. The van der Waals surface area contributed by atoms with Crippen molar-refractivity contribution in [3.05, 3.63) is 101 Å². The van der Waals surface area contributed by atoms with Gasteiger partial charge in [0.15, 0.2) is 5.65 Å². The molecule has 0 fully saturated rings. The number of thiazole rings is 1. The van der Waals surface area contributed by atoms with Crippen LogP contribution in [0.2, 0.25) is 0 Å². The van der Waals surface area contributed by atoms with Crippen molar-refractivity contribution in [2.45, 2.75) is 49.9 Å². The average Bonchev–Trinajstić information content (AvgIpc) is 3.68. The molecule has 0 saturated heterocycles. The third-order valence-corrected chi connectivity index (χ3v) is 9.11. The molecule has 0 aliphatic heterocycles. The monoisotopic (exact) mass is 619 g/mol. The van der Waals surface area contributed by atoms with Gasteiger partial charge in [-0.1, -0.05) is 30.3 Å². The lowest BCUT2D eigenvalue weighted by Crippen LogP contribution is -2.42. The van der Waals surface area contributed by atoms with Crippen molar-refractivity contribution in [1.29, 1.82) is 0 Å². The number of β-amino-alcohol motifs (C(OH)–C–C–N with tert-alkyl or cyclic N) is 1. The lowest BCUT2D eigenvalue weighted by atomic mass is 9.99. The average molecular weight is 620 g/mol. The summed E-state index contributed by atoms with van der Waals surface area (Å²) in [6.07, 6.45) is 4.82. The van der Waals surface area contributed by atoms with Crippen LogP contribution in [0.15, 0.2) is 89.7 Å². The summed E-state index contributed by atoms with van der Waals surface area (Å²) in [5.74, 6) is -0.234. The largest absolute Gasteiger partial charge is 0.387 e. The minimum absolute atomic E-state index is 0.166. The molecule has 1 atom stereocenters. The van der Waals surface area contributed by atoms with E-state index in [9.17, 15) is 18.3 Å². The molecule has 0 spiro atoms. The lowest BCUT2D eigenvalue weighted by molar-refractivity contribution is 0.0950. The van der Waals surface area contributed by atoms with Crippen molar-refractivity contribution in [3.63, 3.8) is 0 Å². The first-order valence-corrected chi connectivity index (χ1v) is 16.0. The van der Waals surface area contributed by atoms with E-state index in [4.69, 9.17) is 0 Å². The van der Waals surface area contributed by atoms with Crippen LogP contribution in [0.1, 0.15) is 47.3 Å². The maximum absolute atomic E-state index is 12.7. The van der Waals surface area contributed by atoms with Gasteiger partial charge in [0.05, 0.1) is 29.4 Å².